The normalized spacial score (nSPS) is 16.1. The molecular formula is C26H28FNO3S. The van der Waals surface area contributed by atoms with E-state index in [4.69, 9.17) is 0 Å². The molecule has 1 aliphatic carbocycles. The monoisotopic (exact) mass is 453 g/mol. The molecule has 0 saturated heterocycles. The highest BCUT2D eigenvalue weighted by molar-refractivity contribution is 7.84. The number of aryl methyl sites for hydroxylation is 1. The van der Waals surface area contributed by atoms with E-state index in [-0.39, 0.29) is 23.9 Å². The highest BCUT2D eigenvalue weighted by Gasteiger charge is 2.26. The lowest BCUT2D eigenvalue weighted by Gasteiger charge is -2.17. The van der Waals surface area contributed by atoms with Gasteiger partial charge in [-0.25, -0.2) is 4.39 Å². The predicted molar refractivity (Wildman–Crippen MR) is 130 cm³/mol. The summed E-state index contributed by atoms with van der Waals surface area (Å²) in [7, 11) is -1.05. The Kier molecular flexibility index (Phi) is 7.46. The standard InChI is InChI=1S/C26H28FNO3S/c1-16-5-7-19(8-6-16)13-22-17(2)23(24-14-20(27)9-10-21(22)24)15-26(30)28-25(18(3)29)11-12-32(4)31/h5-10,13-14,25,29H,3,11-12,15H2,1-2,4H3,(H,28,30)/b22-13-. The smallest absolute Gasteiger partial charge is 0.225 e. The first-order chi connectivity index (χ1) is 15.2. The van der Waals surface area contributed by atoms with Crippen LogP contribution in [0.3, 0.4) is 0 Å². The molecule has 3 rings (SSSR count). The van der Waals surface area contributed by atoms with Crippen LogP contribution in [0.2, 0.25) is 0 Å². The lowest BCUT2D eigenvalue weighted by atomic mass is 10.00. The van der Waals surface area contributed by atoms with E-state index in [0.29, 0.717) is 17.7 Å². The number of halogens is 1. The Labute approximate surface area is 191 Å². The van der Waals surface area contributed by atoms with E-state index >= 15 is 0 Å². The van der Waals surface area contributed by atoms with E-state index in [9.17, 15) is 18.5 Å². The maximum absolute atomic E-state index is 14.1. The van der Waals surface area contributed by atoms with Gasteiger partial charge in [0.25, 0.3) is 0 Å². The third kappa shape index (κ3) is 5.62. The third-order valence-corrected chi connectivity index (χ3v) is 6.42. The Morgan fingerprint density at radius 3 is 2.50 bits per heavy atom. The second kappa shape index (κ2) is 10.1. The Morgan fingerprint density at radius 1 is 1.19 bits per heavy atom. The summed E-state index contributed by atoms with van der Waals surface area (Å²) in [6, 6.07) is 12.1. The topological polar surface area (TPSA) is 66.4 Å². The van der Waals surface area contributed by atoms with Gasteiger partial charge in [-0.15, -0.1) is 0 Å². The number of aliphatic hydroxyl groups is 1. The molecule has 0 radical (unpaired) electrons. The van der Waals surface area contributed by atoms with Crippen molar-refractivity contribution in [3.05, 3.63) is 88.4 Å². The molecule has 1 amide bonds. The SMILES string of the molecule is C=C(O)C(CCS(C)=O)NC(=O)CC1=C(C)/C(=C/c2ccc(C)cc2)c2ccc(F)cc21. The minimum atomic E-state index is -1.05. The van der Waals surface area contributed by atoms with Crippen molar-refractivity contribution < 1.29 is 18.5 Å². The molecule has 0 heterocycles. The lowest BCUT2D eigenvalue weighted by molar-refractivity contribution is -0.120. The fourth-order valence-corrected chi connectivity index (χ4v) is 4.39. The minimum absolute atomic E-state index is 0.0342. The molecular weight excluding hydrogens is 425 g/mol. The fourth-order valence-electron chi connectivity index (χ4n) is 3.82. The van der Waals surface area contributed by atoms with E-state index in [2.05, 4.69) is 11.9 Å². The maximum Gasteiger partial charge on any atom is 0.225 e. The van der Waals surface area contributed by atoms with Gasteiger partial charge in [0, 0.05) is 22.8 Å². The zero-order chi connectivity index (χ0) is 23.4. The number of hydrogen-bond donors (Lipinski definition) is 2. The molecule has 0 bridgehead atoms. The molecule has 168 valence electrons. The van der Waals surface area contributed by atoms with Gasteiger partial charge in [-0.2, -0.15) is 0 Å². The van der Waals surface area contributed by atoms with Gasteiger partial charge in [0.2, 0.25) is 5.91 Å². The predicted octanol–water partition coefficient (Wildman–Crippen LogP) is 5.18. The molecule has 0 saturated carbocycles. The van der Waals surface area contributed by atoms with Gasteiger partial charge in [0.05, 0.1) is 12.5 Å². The summed E-state index contributed by atoms with van der Waals surface area (Å²) in [5, 5.41) is 12.6. The van der Waals surface area contributed by atoms with E-state index in [1.807, 2.05) is 44.2 Å². The number of fused-ring (bicyclic) bond motifs is 1. The Bertz CT molecular complexity index is 1130. The first-order valence-corrected chi connectivity index (χ1v) is 12.1. The van der Waals surface area contributed by atoms with Crippen molar-refractivity contribution in [2.75, 3.05) is 12.0 Å². The van der Waals surface area contributed by atoms with Crippen molar-refractivity contribution in [3.63, 3.8) is 0 Å². The summed E-state index contributed by atoms with van der Waals surface area (Å²) in [4.78, 5) is 12.8. The van der Waals surface area contributed by atoms with Crippen molar-refractivity contribution in [2.24, 2.45) is 0 Å². The van der Waals surface area contributed by atoms with Crippen LogP contribution in [0.1, 0.15) is 42.0 Å². The highest BCUT2D eigenvalue weighted by Crippen LogP contribution is 2.43. The average molecular weight is 454 g/mol. The number of aliphatic hydroxyl groups excluding tert-OH is 1. The second-order valence-corrected chi connectivity index (χ2v) is 9.67. The third-order valence-electron chi connectivity index (χ3n) is 5.61. The molecule has 0 spiro atoms. The summed E-state index contributed by atoms with van der Waals surface area (Å²) >= 11 is 0. The molecule has 2 atom stereocenters. The van der Waals surface area contributed by atoms with Crippen LogP contribution < -0.4 is 5.32 Å². The molecule has 1 aliphatic rings. The Hall–Kier alpha value is -2.99. The number of amides is 1. The van der Waals surface area contributed by atoms with Crippen molar-refractivity contribution in [3.8, 4) is 0 Å². The zero-order valence-electron chi connectivity index (χ0n) is 18.6. The molecule has 0 aromatic heterocycles. The van der Waals surface area contributed by atoms with Crippen LogP contribution in [0.5, 0.6) is 0 Å². The average Bonchev–Trinajstić information content (AvgIpc) is 2.97. The van der Waals surface area contributed by atoms with Crippen LogP contribution in [0.15, 0.2) is 60.4 Å². The summed E-state index contributed by atoms with van der Waals surface area (Å²) in [5.41, 5.74) is 6.39. The van der Waals surface area contributed by atoms with Crippen molar-refractivity contribution in [2.45, 2.75) is 32.7 Å². The van der Waals surface area contributed by atoms with E-state index < -0.39 is 16.8 Å². The number of hydrogen-bond acceptors (Lipinski definition) is 3. The Morgan fingerprint density at radius 2 is 1.88 bits per heavy atom. The lowest BCUT2D eigenvalue weighted by Crippen LogP contribution is -2.37. The summed E-state index contributed by atoms with van der Waals surface area (Å²) in [6.45, 7) is 7.48. The van der Waals surface area contributed by atoms with Crippen LogP contribution >= 0.6 is 0 Å². The summed E-state index contributed by atoms with van der Waals surface area (Å²) in [5.74, 6) is -0.511. The molecule has 2 aromatic carbocycles. The van der Waals surface area contributed by atoms with Gasteiger partial charge in [-0.3, -0.25) is 9.00 Å². The van der Waals surface area contributed by atoms with Crippen molar-refractivity contribution in [1.29, 1.82) is 0 Å². The van der Waals surface area contributed by atoms with Crippen LogP contribution in [0, 0.1) is 12.7 Å². The first kappa shape index (κ1) is 23.7. The molecule has 6 heteroatoms. The minimum Gasteiger partial charge on any atom is -0.511 e. The molecule has 0 fully saturated rings. The van der Waals surface area contributed by atoms with Crippen molar-refractivity contribution >= 4 is 33.9 Å². The molecule has 2 aromatic rings. The highest BCUT2D eigenvalue weighted by atomic mass is 32.2. The quantitative estimate of drug-likeness (QED) is 0.542. The second-order valence-electron chi connectivity index (χ2n) is 8.12. The molecule has 32 heavy (non-hydrogen) atoms. The number of carbonyl (C=O) groups is 1. The van der Waals surface area contributed by atoms with E-state index in [1.54, 1.807) is 12.3 Å². The fraction of sp³-hybridized carbons (Fsp3) is 0.269. The van der Waals surface area contributed by atoms with Gasteiger partial charge in [-0.05, 0) is 71.9 Å². The van der Waals surface area contributed by atoms with Gasteiger partial charge < -0.3 is 10.4 Å². The van der Waals surface area contributed by atoms with Crippen LogP contribution in [-0.2, 0) is 15.6 Å². The molecule has 4 nitrogen and oxygen atoms in total. The van der Waals surface area contributed by atoms with Gasteiger partial charge >= 0.3 is 0 Å². The zero-order valence-corrected chi connectivity index (χ0v) is 19.4. The number of carbonyl (C=O) groups excluding carboxylic acids is 1. The molecule has 2 N–H and O–H groups in total. The summed E-state index contributed by atoms with van der Waals surface area (Å²) < 4.78 is 25.5. The van der Waals surface area contributed by atoms with Crippen LogP contribution in [0.4, 0.5) is 4.39 Å². The number of nitrogens with one attached hydrogen (secondary N) is 1. The largest absolute Gasteiger partial charge is 0.511 e. The van der Waals surface area contributed by atoms with E-state index in [0.717, 1.165) is 33.4 Å². The van der Waals surface area contributed by atoms with Gasteiger partial charge in [0.1, 0.15) is 11.6 Å². The molecule has 2 unspecified atom stereocenters. The summed E-state index contributed by atoms with van der Waals surface area (Å²) in [6.07, 6.45) is 3.98. The van der Waals surface area contributed by atoms with E-state index in [1.165, 1.54) is 12.1 Å². The number of allylic oxidation sites excluding steroid dienone is 2. The van der Waals surface area contributed by atoms with Crippen molar-refractivity contribution in [1.82, 2.24) is 5.32 Å². The van der Waals surface area contributed by atoms with Gasteiger partial charge in [-0.1, -0.05) is 42.5 Å². The van der Waals surface area contributed by atoms with Crippen LogP contribution in [0.25, 0.3) is 17.2 Å². The van der Waals surface area contributed by atoms with Crippen LogP contribution in [-0.4, -0.2) is 33.3 Å². The molecule has 0 aliphatic heterocycles. The maximum atomic E-state index is 14.1. The number of rotatable bonds is 8. The first-order valence-electron chi connectivity index (χ1n) is 10.4. The number of benzene rings is 2. The Balaban J connectivity index is 1.90. The van der Waals surface area contributed by atoms with Gasteiger partial charge in [0.15, 0.2) is 0 Å².